The van der Waals surface area contributed by atoms with Gasteiger partial charge >= 0.3 is 0 Å². The van der Waals surface area contributed by atoms with Gasteiger partial charge in [0.1, 0.15) is 0 Å². The molecule has 1 saturated heterocycles. The molecule has 3 rings (SSSR count). The Morgan fingerprint density at radius 2 is 1.79 bits per heavy atom. The first-order chi connectivity index (χ1) is 11.5. The van der Waals surface area contributed by atoms with Crippen LogP contribution in [-0.4, -0.2) is 35.8 Å². The molecule has 1 aromatic carbocycles. The topological polar surface area (TPSA) is 49.4 Å². The summed E-state index contributed by atoms with van der Waals surface area (Å²) in [5.41, 5.74) is 0.0888. The van der Waals surface area contributed by atoms with Gasteiger partial charge in [-0.25, -0.2) is 8.78 Å². The maximum atomic E-state index is 13.2. The maximum absolute atomic E-state index is 13.2. The average Bonchev–Trinajstić information content (AvgIpc) is 3.06. The molecule has 130 valence electrons. The highest BCUT2D eigenvalue weighted by Crippen LogP contribution is 2.26. The predicted molar refractivity (Wildman–Crippen MR) is 85.4 cm³/mol. The molecule has 0 bridgehead atoms. The standard InChI is InChI=1S/C18H22F2N2O2/c19-15-7-6-13(10-16(15)20)17(23)21-14-8-9-22(11-14)18(24)12-4-2-1-3-5-12/h6-7,10,12,14H,1-5,8-9,11H2,(H,21,23). The number of nitrogens with zero attached hydrogens (tertiary/aromatic N) is 1. The molecule has 1 aliphatic heterocycles. The molecule has 1 saturated carbocycles. The van der Waals surface area contributed by atoms with Crippen molar-refractivity contribution in [3.8, 4) is 0 Å². The number of nitrogens with one attached hydrogen (secondary N) is 1. The molecule has 1 unspecified atom stereocenters. The van der Waals surface area contributed by atoms with Gasteiger partial charge in [0.15, 0.2) is 11.6 Å². The molecule has 1 N–H and O–H groups in total. The van der Waals surface area contributed by atoms with Crippen molar-refractivity contribution in [2.75, 3.05) is 13.1 Å². The van der Waals surface area contributed by atoms with Gasteiger partial charge in [-0.1, -0.05) is 19.3 Å². The van der Waals surface area contributed by atoms with Crippen molar-refractivity contribution in [1.29, 1.82) is 0 Å². The minimum atomic E-state index is -1.04. The number of likely N-dealkylation sites (tertiary alicyclic amines) is 1. The van der Waals surface area contributed by atoms with Crippen molar-refractivity contribution in [3.05, 3.63) is 35.4 Å². The highest BCUT2D eigenvalue weighted by Gasteiger charge is 2.32. The number of hydrogen-bond acceptors (Lipinski definition) is 2. The highest BCUT2D eigenvalue weighted by molar-refractivity contribution is 5.94. The van der Waals surface area contributed by atoms with E-state index in [0.29, 0.717) is 19.5 Å². The lowest BCUT2D eigenvalue weighted by Crippen LogP contribution is -2.40. The number of hydrogen-bond donors (Lipinski definition) is 1. The molecule has 0 radical (unpaired) electrons. The highest BCUT2D eigenvalue weighted by atomic mass is 19.2. The fraction of sp³-hybridized carbons (Fsp3) is 0.556. The summed E-state index contributed by atoms with van der Waals surface area (Å²) in [6, 6.07) is 2.95. The van der Waals surface area contributed by atoms with E-state index < -0.39 is 17.5 Å². The molecule has 4 nitrogen and oxygen atoms in total. The van der Waals surface area contributed by atoms with Crippen LogP contribution in [0.2, 0.25) is 0 Å². The van der Waals surface area contributed by atoms with Gasteiger partial charge in [0.2, 0.25) is 5.91 Å². The summed E-state index contributed by atoms with van der Waals surface area (Å²) in [6.07, 6.45) is 6.04. The second-order valence-electron chi connectivity index (χ2n) is 6.71. The van der Waals surface area contributed by atoms with Gasteiger partial charge in [0, 0.05) is 30.6 Å². The Kier molecular flexibility index (Phi) is 5.11. The molecular weight excluding hydrogens is 314 g/mol. The van der Waals surface area contributed by atoms with Crippen LogP contribution in [0, 0.1) is 17.6 Å². The van der Waals surface area contributed by atoms with Crippen LogP contribution in [0.1, 0.15) is 48.9 Å². The van der Waals surface area contributed by atoms with Crippen LogP contribution < -0.4 is 5.32 Å². The summed E-state index contributed by atoms with van der Waals surface area (Å²) >= 11 is 0. The van der Waals surface area contributed by atoms with E-state index in [1.54, 1.807) is 0 Å². The van der Waals surface area contributed by atoms with Crippen LogP contribution in [0.25, 0.3) is 0 Å². The van der Waals surface area contributed by atoms with Gasteiger partial charge in [0.25, 0.3) is 5.91 Å². The molecule has 1 aromatic rings. The van der Waals surface area contributed by atoms with E-state index in [4.69, 9.17) is 0 Å². The van der Waals surface area contributed by atoms with Crippen molar-refractivity contribution in [1.82, 2.24) is 10.2 Å². The zero-order valence-corrected chi connectivity index (χ0v) is 13.6. The Balaban J connectivity index is 1.54. The minimum Gasteiger partial charge on any atom is -0.347 e. The molecule has 0 spiro atoms. The summed E-state index contributed by atoms with van der Waals surface area (Å²) < 4.78 is 26.2. The number of carbonyl (C=O) groups is 2. The Labute approximate surface area is 140 Å². The van der Waals surface area contributed by atoms with E-state index in [9.17, 15) is 18.4 Å². The van der Waals surface area contributed by atoms with Crippen LogP contribution >= 0.6 is 0 Å². The third-order valence-corrected chi connectivity index (χ3v) is 4.97. The first-order valence-electron chi connectivity index (χ1n) is 8.59. The summed E-state index contributed by atoms with van der Waals surface area (Å²) in [5.74, 6) is -2.13. The quantitative estimate of drug-likeness (QED) is 0.923. The van der Waals surface area contributed by atoms with Gasteiger partial charge in [-0.05, 0) is 37.5 Å². The van der Waals surface area contributed by atoms with E-state index >= 15 is 0 Å². The van der Waals surface area contributed by atoms with Crippen molar-refractivity contribution in [3.63, 3.8) is 0 Å². The smallest absolute Gasteiger partial charge is 0.251 e. The van der Waals surface area contributed by atoms with E-state index in [1.807, 2.05) is 4.90 Å². The number of amides is 2. The molecular formula is C18H22F2N2O2. The first-order valence-corrected chi connectivity index (χ1v) is 8.59. The van der Waals surface area contributed by atoms with E-state index in [-0.39, 0.29) is 23.4 Å². The molecule has 2 aliphatic rings. The monoisotopic (exact) mass is 336 g/mol. The van der Waals surface area contributed by atoms with Gasteiger partial charge in [-0.15, -0.1) is 0 Å². The Hall–Kier alpha value is -1.98. The zero-order chi connectivity index (χ0) is 17.1. The van der Waals surface area contributed by atoms with Gasteiger partial charge in [0.05, 0.1) is 0 Å². The minimum absolute atomic E-state index is 0.0888. The number of rotatable bonds is 3. The molecule has 24 heavy (non-hydrogen) atoms. The molecule has 2 fully saturated rings. The zero-order valence-electron chi connectivity index (χ0n) is 13.6. The maximum Gasteiger partial charge on any atom is 0.251 e. The molecule has 2 amide bonds. The third kappa shape index (κ3) is 3.74. The molecule has 0 aromatic heterocycles. The third-order valence-electron chi connectivity index (χ3n) is 4.97. The molecule has 1 heterocycles. The van der Waals surface area contributed by atoms with E-state index in [0.717, 1.165) is 37.8 Å². The van der Waals surface area contributed by atoms with Crippen LogP contribution in [0.4, 0.5) is 8.78 Å². The predicted octanol–water partition coefficient (Wildman–Crippen LogP) is 2.88. The van der Waals surface area contributed by atoms with Crippen molar-refractivity contribution in [2.24, 2.45) is 5.92 Å². The van der Waals surface area contributed by atoms with Crippen LogP contribution in [0.15, 0.2) is 18.2 Å². The van der Waals surface area contributed by atoms with Crippen molar-refractivity contribution < 1.29 is 18.4 Å². The van der Waals surface area contributed by atoms with Gasteiger partial charge < -0.3 is 10.2 Å². The van der Waals surface area contributed by atoms with E-state index in [2.05, 4.69) is 5.32 Å². The average molecular weight is 336 g/mol. The van der Waals surface area contributed by atoms with Gasteiger partial charge in [-0.2, -0.15) is 0 Å². The number of benzene rings is 1. The number of carbonyl (C=O) groups excluding carboxylic acids is 2. The van der Waals surface area contributed by atoms with Crippen molar-refractivity contribution in [2.45, 2.75) is 44.6 Å². The summed E-state index contributed by atoms with van der Waals surface area (Å²) in [7, 11) is 0. The lowest BCUT2D eigenvalue weighted by Gasteiger charge is -2.26. The fourth-order valence-corrected chi connectivity index (χ4v) is 3.59. The summed E-state index contributed by atoms with van der Waals surface area (Å²) in [5, 5.41) is 2.81. The Morgan fingerprint density at radius 1 is 1.04 bits per heavy atom. The van der Waals surface area contributed by atoms with Crippen LogP contribution in [0.5, 0.6) is 0 Å². The summed E-state index contributed by atoms with van der Waals surface area (Å²) in [4.78, 5) is 26.5. The molecule has 6 heteroatoms. The largest absolute Gasteiger partial charge is 0.347 e. The van der Waals surface area contributed by atoms with Gasteiger partial charge in [-0.3, -0.25) is 9.59 Å². The Bertz CT molecular complexity index is 629. The fourth-order valence-electron chi connectivity index (χ4n) is 3.59. The van der Waals surface area contributed by atoms with Crippen molar-refractivity contribution >= 4 is 11.8 Å². The first kappa shape index (κ1) is 16.9. The second-order valence-corrected chi connectivity index (χ2v) is 6.71. The SMILES string of the molecule is O=C(NC1CCN(C(=O)C2CCCCC2)C1)c1ccc(F)c(F)c1. The van der Waals surface area contributed by atoms with Crippen LogP contribution in [0.3, 0.4) is 0 Å². The molecule has 1 atom stereocenters. The number of halogens is 2. The molecule has 1 aliphatic carbocycles. The lowest BCUT2D eigenvalue weighted by molar-refractivity contribution is -0.135. The van der Waals surface area contributed by atoms with E-state index in [1.165, 1.54) is 12.5 Å². The second kappa shape index (κ2) is 7.28. The Morgan fingerprint density at radius 3 is 2.50 bits per heavy atom. The normalized spacial score (nSPS) is 21.8. The van der Waals surface area contributed by atoms with Crippen LogP contribution in [-0.2, 0) is 4.79 Å². The lowest BCUT2D eigenvalue weighted by atomic mass is 9.88. The summed E-state index contributed by atoms with van der Waals surface area (Å²) in [6.45, 7) is 1.13.